The molecule has 6 heavy (non-hydrogen) atoms. The average molecular weight is 97.1 g/mol. The van der Waals surface area contributed by atoms with Crippen LogP contribution in [0.3, 0.4) is 0 Å². The van der Waals surface area contributed by atoms with Crippen LogP contribution < -0.4 is 29.6 Å². The van der Waals surface area contributed by atoms with E-state index in [-0.39, 0.29) is 29.6 Å². The molecule has 0 radical (unpaired) electrons. The smallest absolute Gasteiger partial charge is 0.400 e. The Morgan fingerprint density at radius 2 is 1.33 bits per heavy atom. The van der Waals surface area contributed by atoms with Gasteiger partial charge in [0, 0.05) is 7.11 Å². The van der Waals surface area contributed by atoms with Gasteiger partial charge in [-0.15, -0.1) is 0 Å². The molecule has 0 aliphatic rings. The summed E-state index contributed by atoms with van der Waals surface area (Å²) in [6.45, 7) is 0. The molecule has 0 aliphatic heterocycles. The van der Waals surface area contributed by atoms with E-state index in [1.165, 1.54) is 4.91 Å². The monoisotopic (exact) mass is 97.0 g/mol. The largest absolute Gasteiger partial charge is 1.00 e. The molecule has 0 unspecified atom stereocenters. The van der Waals surface area contributed by atoms with Crippen molar-refractivity contribution in [1.29, 1.82) is 0 Å². The molecular weight excluding hydrogens is 93.0 g/mol. The molecule has 0 rings (SSSR count). The Bertz CT molecular complexity index is 31.8. The zero-order valence-corrected chi connectivity index (χ0v) is 5.79. The van der Waals surface area contributed by atoms with Crippen LogP contribution in [0.25, 0.3) is 16.0 Å². The normalized spacial score (nSPS) is 2.33. The number of aliphatic hydroxyl groups excluding tert-OH is 1. The molecule has 0 amide bonds. The molecule has 1 N–H and O–H groups in total. The Hall–Kier alpha value is 0.270. The Morgan fingerprint density at radius 3 is 1.33 bits per heavy atom. The summed E-state index contributed by atoms with van der Waals surface area (Å²) in [5, 5.41) is 7.00. The predicted octanol–water partition coefficient (Wildman–Crippen LogP) is -2.52. The molecule has 0 atom stereocenters. The van der Waals surface area contributed by atoms with Crippen molar-refractivity contribution >= 4 is 0 Å². The SMILES string of the molecule is CO.[N-]=[N+]=[N-].[Na+]. The van der Waals surface area contributed by atoms with E-state index >= 15 is 0 Å². The van der Waals surface area contributed by atoms with Crippen LogP contribution in [0.2, 0.25) is 0 Å². The van der Waals surface area contributed by atoms with Gasteiger partial charge in [0.2, 0.25) is 0 Å². The summed E-state index contributed by atoms with van der Waals surface area (Å²) in [6.07, 6.45) is 0. The van der Waals surface area contributed by atoms with E-state index in [2.05, 4.69) is 0 Å². The zero-order chi connectivity index (χ0) is 4.71. The Balaban J connectivity index is -0.0000000275. The van der Waals surface area contributed by atoms with Crippen molar-refractivity contribution in [2.24, 2.45) is 0 Å². The minimum atomic E-state index is 0. The summed E-state index contributed by atoms with van der Waals surface area (Å²) < 4.78 is 0. The van der Waals surface area contributed by atoms with Crippen molar-refractivity contribution in [3.63, 3.8) is 0 Å². The van der Waals surface area contributed by atoms with Gasteiger partial charge in [0.1, 0.15) is 0 Å². The molecule has 0 spiro atoms. The zero-order valence-electron chi connectivity index (χ0n) is 3.79. The van der Waals surface area contributed by atoms with Gasteiger partial charge < -0.3 is 16.2 Å². The molecular formula is CH4N3NaO. The van der Waals surface area contributed by atoms with Crippen LogP contribution in [0.5, 0.6) is 0 Å². The number of aliphatic hydroxyl groups is 1. The van der Waals surface area contributed by atoms with Crippen molar-refractivity contribution < 1.29 is 34.7 Å². The van der Waals surface area contributed by atoms with Crippen LogP contribution in [0, 0.1) is 0 Å². The standard InChI is InChI=1S/CH4O.N3.Na/c1-2;1-3-2;/h2H,1H3;;/q;-1;+1. The molecule has 0 fully saturated rings. The van der Waals surface area contributed by atoms with E-state index in [0.29, 0.717) is 0 Å². The summed E-state index contributed by atoms with van der Waals surface area (Å²) in [4.78, 5) is 1.50. The second-order valence-electron chi connectivity index (χ2n) is 0.0894. The van der Waals surface area contributed by atoms with Gasteiger partial charge in [-0.05, 0) is 0 Å². The quantitative estimate of drug-likeness (QED) is 0.154. The summed E-state index contributed by atoms with van der Waals surface area (Å²) in [5.74, 6) is 0. The van der Waals surface area contributed by atoms with E-state index in [9.17, 15) is 0 Å². The van der Waals surface area contributed by atoms with Crippen molar-refractivity contribution in [3.8, 4) is 0 Å². The van der Waals surface area contributed by atoms with Gasteiger partial charge in [-0.1, -0.05) is 0 Å². The summed E-state index contributed by atoms with van der Waals surface area (Å²) in [7, 11) is 1.00. The first-order chi connectivity index (χ1) is 2.41. The van der Waals surface area contributed by atoms with Gasteiger partial charge in [-0.3, -0.25) is 4.91 Å². The number of rotatable bonds is 0. The second kappa shape index (κ2) is 59.6. The first kappa shape index (κ1) is 16.3. The first-order valence-electron chi connectivity index (χ1n) is 0.847. The Labute approximate surface area is 57.9 Å². The fourth-order valence-corrected chi connectivity index (χ4v) is 0. The van der Waals surface area contributed by atoms with E-state index < -0.39 is 0 Å². The third-order valence-corrected chi connectivity index (χ3v) is 0. The molecule has 0 saturated heterocycles. The van der Waals surface area contributed by atoms with E-state index in [1.54, 1.807) is 0 Å². The maximum Gasteiger partial charge on any atom is 1.00 e. The molecule has 0 aromatic heterocycles. The van der Waals surface area contributed by atoms with Crippen LogP contribution >= 0.6 is 0 Å². The van der Waals surface area contributed by atoms with Gasteiger partial charge >= 0.3 is 29.6 Å². The fourth-order valence-electron chi connectivity index (χ4n) is 0. The fraction of sp³-hybridized carbons (Fsp3) is 1.00. The van der Waals surface area contributed by atoms with Gasteiger partial charge in [0.15, 0.2) is 0 Å². The molecule has 30 valence electrons. The molecule has 0 aromatic carbocycles. The molecule has 0 saturated carbocycles. The maximum atomic E-state index is 7.00. The number of hydrogen-bond donors (Lipinski definition) is 1. The van der Waals surface area contributed by atoms with E-state index in [4.69, 9.17) is 16.2 Å². The molecule has 4 nitrogen and oxygen atoms in total. The summed E-state index contributed by atoms with van der Waals surface area (Å²) in [5.41, 5.74) is 13.5. The molecule has 0 bridgehead atoms. The Kier molecular flexibility index (Phi) is 162. The van der Waals surface area contributed by atoms with Crippen molar-refractivity contribution in [1.82, 2.24) is 0 Å². The van der Waals surface area contributed by atoms with Crippen LogP contribution in [0.15, 0.2) is 0 Å². The van der Waals surface area contributed by atoms with Gasteiger partial charge in [0.25, 0.3) is 0 Å². The Morgan fingerprint density at radius 1 is 1.33 bits per heavy atom. The van der Waals surface area contributed by atoms with Crippen LogP contribution in [-0.4, -0.2) is 12.2 Å². The van der Waals surface area contributed by atoms with E-state index in [1.807, 2.05) is 0 Å². The van der Waals surface area contributed by atoms with Crippen molar-refractivity contribution in [2.75, 3.05) is 7.11 Å². The minimum Gasteiger partial charge on any atom is -0.400 e. The third-order valence-electron chi connectivity index (χ3n) is 0. The molecule has 5 heteroatoms. The molecule has 0 heterocycles. The third kappa shape index (κ3) is 626. The van der Waals surface area contributed by atoms with Gasteiger partial charge in [0.05, 0.1) is 0 Å². The maximum absolute atomic E-state index is 7.00. The van der Waals surface area contributed by atoms with Gasteiger partial charge in [-0.2, -0.15) is 0 Å². The van der Waals surface area contributed by atoms with Crippen LogP contribution in [0.4, 0.5) is 0 Å². The molecule has 0 aliphatic carbocycles. The van der Waals surface area contributed by atoms with Crippen LogP contribution in [-0.2, 0) is 0 Å². The van der Waals surface area contributed by atoms with Gasteiger partial charge in [-0.25, -0.2) is 0 Å². The van der Waals surface area contributed by atoms with Crippen molar-refractivity contribution in [2.45, 2.75) is 0 Å². The average Bonchev–Trinajstić information content (AvgIpc) is 1.46. The first-order valence-corrected chi connectivity index (χ1v) is 0.847. The summed E-state index contributed by atoms with van der Waals surface area (Å²) >= 11 is 0. The minimum absolute atomic E-state index is 0. The van der Waals surface area contributed by atoms with Crippen LogP contribution in [0.1, 0.15) is 0 Å². The number of nitrogens with zero attached hydrogens (tertiary/aromatic N) is 3. The predicted molar refractivity (Wildman–Crippen MR) is 18.2 cm³/mol. The van der Waals surface area contributed by atoms with E-state index in [0.717, 1.165) is 7.11 Å². The second-order valence-corrected chi connectivity index (χ2v) is 0.0894. The summed E-state index contributed by atoms with van der Waals surface area (Å²) in [6, 6.07) is 0. The topological polar surface area (TPSA) is 78.9 Å². The number of hydrogen-bond acceptors (Lipinski definition) is 1. The van der Waals surface area contributed by atoms with Crippen molar-refractivity contribution in [3.05, 3.63) is 16.0 Å². The molecule has 0 aromatic rings.